The van der Waals surface area contributed by atoms with Gasteiger partial charge >= 0.3 is 0 Å². The average Bonchev–Trinajstić information content (AvgIpc) is 2.16. The van der Waals surface area contributed by atoms with Gasteiger partial charge in [-0.25, -0.2) is 4.98 Å². The number of hydrogen-bond acceptors (Lipinski definition) is 5. The lowest BCUT2D eigenvalue weighted by molar-refractivity contribution is 0.106. The van der Waals surface area contributed by atoms with E-state index in [9.17, 15) is 0 Å². The Bertz CT molecular complexity index is 310. The van der Waals surface area contributed by atoms with Gasteiger partial charge in [-0.15, -0.1) is 0 Å². The smallest absolute Gasteiger partial charge is 0.223 e. The van der Waals surface area contributed by atoms with Crippen molar-refractivity contribution in [1.29, 1.82) is 0 Å². The van der Waals surface area contributed by atoms with E-state index in [-0.39, 0.29) is 5.95 Å². The molecule has 0 radical (unpaired) electrons. The third-order valence-corrected chi connectivity index (χ3v) is 2.00. The van der Waals surface area contributed by atoms with Gasteiger partial charge in [0.1, 0.15) is 0 Å². The van der Waals surface area contributed by atoms with Gasteiger partial charge in [-0.05, 0) is 0 Å². The summed E-state index contributed by atoms with van der Waals surface area (Å²) in [4.78, 5) is 8.08. The van der Waals surface area contributed by atoms with Gasteiger partial charge in [-0.3, -0.25) is 0 Å². The molecule has 0 atom stereocenters. The quantitative estimate of drug-likeness (QED) is 0.667. The topological polar surface area (TPSA) is 70.3 Å². The van der Waals surface area contributed by atoms with E-state index in [2.05, 4.69) is 9.97 Å². The molecule has 0 bridgehead atoms. The van der Waals surface area contributed by atoms with Crippen molar-refractivity contribution in [2.24, 2.45) is 0 Å². The summed E-state index contributed by atoms with van der Waals surface area (Å²) in [5.41, 5.74) is 7.36. The first-order chi connectivity index (χ1) is 6.31. The maximum Gasteiger partial charge on any atom is 0.223 e. The Balaban J connectivity index is 2.50. The van der Waals surface area contributed by atoms with E-state index in [1.807, 2.05) is 0 Å². The van der Waals surface area contributed by atoms with Crippen molar-refractivity contribution in [3.8, 4) is 5.88 Å². The minimum Gasteiger partial charge on any atom is -0.481 e. The number of nitrogens with two attached hydrogens (primary N) is 1. The number of anilines is 1. The van der Waals surface area contributed by atoms with Crippen LogP contribution in [0.5, 0.6) is 5.88 Å². The number of hydrogen-bond donors (Lipinski definition) is 1. The molecule has 13 heavy (non-hydrogen) atoms. The van der Waals surface area contributed by atoms with Crippen LogP contribution in [0.25, 0.3) is 0 Å². The number of methoxy groups -OCH3 is 1. The van der Waals surface area contributed by atoms with Gasteiger partial charge in [0.15, 0.2) is 0 Å². The van der Waals surface area contributed by atoms with Crippen molar-refractivity contribution >= 4 is 5.95 Å². The van der Waals surface area contributed by atoms with Gasteiger partial charge < -0.3 is 15.2 Å². The van der Waals surface area contributed by atoms with Gasteiger partial charge in [0.25, 0.3) is 0 Å². The summed E-state index contributed by atoms with van der Waals surface area (Å²) in [6, 6.07) is 0. The largest absolute Gasteiger partial charge is 0.481 e. The number of nitrogen functional groups attached to an aromatic ring is 1. The van der Waals surface area contributed by atoms with Crippen molar-refractivity contribution in [2.45, 2.75) is 13.0 Å². The highest BCUT2D eigenvalue weighted by Gasteiger charge is 2.17. The Kier molecular flexibility index (Phi) is 2.02. The SMILES string of the molecule is COc1nc(N)nc2c1CCOC2. The van der Waals surface area contributed by atoms with E-state index in [1.54, 1.807) is 7.11 Å². The van der Waals surface area contributed by atoms with Crippen LogP contribution in [0.1, 0.15) is 11.3 Å². The fraction of sp³-hybridized carbons (Fsp3) is 0.500. The Hall–Kier alpha value is -1.36. The van der Waals surface area contributed by atoms with Crippen LogP contribution >= 0.6 is 0 Å². The molecule has 1 aromatic heterocycles. The molecule has 1 aromatic rings. The Morgan fingerprint density at radius 2 is 2.31 bits per heavy atom. The lowest BCUT2D eigenvalue weighted by atomic mass is 10.1. The minimum absolute atomic E-state index is 0.237. The summed E-state index contributed by atoms with van der Waals surface area (Å²) < 4.78 is 10.4. The van der Waals surface area contributed by atoms with E-state index in [1.165, 1.54) is 0 Å². The number of rotatable bonds is 1. The molecule has 0 spiro atoms. The standard InChI is InChI=1S/C8H11N3O2/c1-12-7-5-2-3-13-4-6(5)10-8(9)11-7/h2-4H2,1H3,(H2,9,10,11). The summed E-state index contributed by atoms with van der Waals surface area (Å²) in [6.45, 7) is 1.19. The van der Waals surface area contributed by atoms with E-state index in [0.29, 0.717) is 19.1 Å². The van der Waals surface area contributed by atoms with Crippen LogP contribution in [-0.2, 0) is 17.8 Å². The zero-order chi connectivity index (χ0) is 9.26. The number of fused-ring (bicyclic) bond motifs is 1. The van der Waals surface area contributed by atoms with Crippen molar-refractivity contribution in [3.63, 3.8) is 0 Å². The molecule has 0 aromatic carbocycles. The van der Waals surface area contributed by atoms with Gasteiger partial charge in [0.2, 0.25) is 11.8 Å². The highest BCUT2D eigenvalue weighted by atomic mass is 16.5. The van der Waals surface area contributed by atoms with E-state index in [4.69, 9.17) is 15.2 Å². The van der Waals surface area contributed by atoms with Crippen LogP contribution in [0.3, 0.4) is 0 Å². The third-order valence-electron chi connectivity index (χ3n) is 2.00. The first kappa shape index (κ1) is 8.25. The second-order valence-electron chi connectivity index (χ2n) is 2.82. The highest BCUT2D eigenvalue weighted by Crippen LogP contribution is 2.23. The summed E-state index contributed by atoms with van der Waals surface area (Å²) in [7, 11) is 1.58. The Labute approximate surface area is 75.9 Å². The lowest BCUT2D eigenvalue weighted by Crippen LogP contribution is -2.15. The van der Waals surface area contributed by atoms with Crippen LogP contribution in [0, 0.1) is 0 Å². The molecule has 1 aliphatic rings. The van der Waals surface area contributed by atoms with Crippen LogP contribution < -0.4 is 10.5 Å². The molecule has 5 heteroatoms. The molecular formula is C8H11N3O2. The molecule has 0 aliphatic carbocycles. The van der Waals surface area contributed by atoms with E-state index >= 15 is 0 Å². The Morgan fingerprint density at radius 3 is 3.08 bits per heavy atom. The monoisotopic (exact) mass is 181 g/mol. The first-order valence-corrected chi connectivity index (χ1v) is 4.08. The van der Waals surface area contributed by atoms with Crippen LogP contribution in [0.4, 0.5) is 5.95 Å². The molecule has 0 amide bonds. The predicted molar refractivity (Wildman–Crippen MR) is 46.4 cm³/mol. The minimum atomic E-state index is 0.237. The van der Waals surface area contributed by atoms with Crippen LogP contribution in [0.2, 0.25) is 0 Å². The first-order valence-electron chi connectivity index (χ1n) is 4.08. The molecule has 0 saturated heterocycles. The molecule has 2 N–H and O–H groups in total. The number of aromatic nitrogens is 2. The normalized spacial score (nSPS) is 15.2. The van der Waals surface area contributed by atoms with E-state index < -0.39 is 0 Å². The highest BCUT2D eigenvalue weighted by molar-refractivity contribution is 5.36. The molecule has 0 saturated carbocycles. The third kappa shape index (κ3) is 1.42. The fourth-order valence-electron chi connectivity index (χ4n) is 1.41. The maximum absolute atomic E-state index is 5.50. The average molecular weight is 181 g/mol. The zero-order valence-electron chi connectivity index (χ0n) is 7.41. The van der Waals surface area contributed by atoms with Crippen molar-refractivity contribution in [1.82, 2.24) is 9.97 Å². The zero-order valence-corrected chi connectivity index (χ0v) is 7.41. The molecular weight excluding hydrogens is 170 g/mol. The van der Waals surface area contributed by atoms with Gasteiger partial charge in [0, 0.05) is 12.0 Å². The predicted octanol–water partition coefficient (Wildman–Crippen LogP) is 0.140. The summed E-state index contributed by atoms with van der Waals surface area (Å²) in [5.74, 6) is 0.812. The summed E-state index contributed by atoms with van der Waals surface area (Å²) >= 11 is 0. The van der Waals surface area contributed by atoms with Gasteiger partial charge in [-0.2, -0.15) is 4.98 Å². The Morgan fingerprint density at radius 1 is 1.46 bits per heavy atom. The van der Waals surface area contributed by atoms with Gasteiger partial charge in [0.05, 0.1) is 26.0 Å². The molecule has 0 unspecified atom stereocenters. The summed E-state index contributed by atoms with van der Waals surface area (Å²) in [5, 5.41) is 0. The molecule has 70 valence electrons. The molecule has 2 heterocycles. The lowest BCUT2D eigenvalue weighted by Gasteiger charge is -2.17. The van der Waals surface area contributed by atoms with Crippen molar-refractivity contribution in [3.05, 3.63) is 11.3 Å². The van der Waals surface area contributed by atoms with Gasteiger partial charge in [-0.1, -0.05) is 0 Å². The number of nitrogens with zero attached hydrogens (tertiary/aromatic N) is 2. The van der Waals surface area contributed by atoms with Crippen LogP contribution in [0.15, 0.2) is 0 Å². The molecule has 0 fully saturated rings. The van der Waals surface area contributed by atoms with E-state index in [0.717, 1.165) is 17.7 Å². The molecule has 1 aliphatic heterocycles. The van der Waals surface area contributed by atoms with Crippen LogP contribution in [-0.4, -0.2) is 23.7 Å². The second-order valence-corrected chi connectivity index (χ2v) is 2.82. The summed E-state index contributed by atoms with van der Waals surface area (Å²) in [6.07, 6.45) is 0.790. The number of ether oxygens (including phenoxy) is 2. The molecule has 5 nitrogen and oxygen atoms in total. The molecule has 2 rings (SSSR count). The fourth-order valence-corrected chi connectivity index (χ4v) is 1.41. The van der Waals surface area contributed by atoms with Crippen molar-refractivity contribution in [2.75, 3.05) is 19.5 Å². The maximum atomic E-state index is 5.50. The van der Waals surface area contributed by atoms with Crippen molar-refractivity contribution < 1.29 is 9.47 Å². The second kappa shape index (κ2) is 3.18.